The summed E-state index contributed by atoms with van der Waals surface area (Å²) >= 11 is 0. The van der Waals surface area contributed by atoms with Crippen molar-refractivity contribution in [3.8, 4) is 23.6 Å². The second kappa shape index (κ2) is 7.62. The van der Waals surface area contributed by atoms with Crippen LogP contribution in [0, 0.1) is 32.8 Å². The summed E-state index contributed by atoms with van der Waals surface area (Å²) in [5.41, 5.74) is 1.04. The zero-order valence-electron chi connectivity index (χ0n) is 13.5. The van der Waals surface area contributed by atoms with Gasteiger partial charge in [0.15, 0.2) is 11.5 Å². The summed E-state index contributed by atoms with van der Waals surface area (Å²) in [5, 5.41) is 29.8. The molecule has 0 radical (unpaired) electrons. The van der Waals surface area contributed by atoms with Crippen LogP contribution in [0.1, 0.15) is 16.7 Å². The van der Waals surface area contributed by atoms with Gasteiger partial charge in [0.25, 0.3) is 5.69 Å². The molecule has 0 saturated carbocycles. The van der Waals surface area contributed by atoms with E-state index in [1.54, 1.807) is 24.3 Å². The molecule has 2 rings (SSSR count). The van der Waals surface area contributed by atoms with Crippen LogP contribution < -0.4 is 9.47 Å². The first-order chi connectivity index (χ1) is 12.0. The summed E-state index contributed by atoms with van der Waals surface area (Å²) in [6.07, 6.45) is 1.39. The number of rotatable bonds is 5. The van der Waals surface area contributed by atoms with E-state index in [9.17, 15) is 15.4 Å². The van der Waals surface area contributed by atoms with Crippen LogP contribution in [0.3, 0.4) is 0 Å². The monoisotopic (exact) mass is 335 g/mol. The third kappa shape index (κ3) is 3.74. The van der Waals surface area contributed by atoms with Gasteiger partial charge in [0.1, 0.15) is 0 Å². The molecule has 0 N–H and O–H groups in total. The van der Waals surface area contributed by atoms with Crippen molar-refractivity contribution in [1.29, 1.82) is 10.5 Å². The van der Waals surface area contributed by atoms with Gasteiger partial charge in [0.2, 0.25) is 0 Å². The molecule has 0 aliphatic rings. The fourth-order valence-electron chi connectivity index (χ4n) is 2.25. The van der Waals surface area contributed by atoms with Crippen LogP contribution in [-0.2, 0) is 0 Å². The van der Waals surface area contributed by atoms with E-state index in [1.165, 1.54) is 32.4 Å². The maximum absolute atomic E-state index is 11.4. The van der Waals surface area contributed by atoms with Gasteiger partial charge in [-0.25, -0.2) is 0 Å². The van der Waals surface area contributed by atoms with Crippen molar-refractivity contribution in [2.75, 3.05) is 14.2 Å². The fourth-order valence-corrected chi connectivity index (χ4v) is 2.25. The molecule has 7 heteroatoms. The lowest BCUT2D eigenvalue weighted by atomic mass is 10.0. The van der Waals surface area contributed by atoms with Crippen molar-refractivity contribution in [2.24, 2.45) is 0 Å². The number of nitro groups is 1. The summed E-state index contributed by atoms with van der Waals surface area (Å²) < 4.78 is 10.2. The lowest BCUT2D eigenvalue weighted by Crippen LogP contribution is -1.97. The highest BCUT2D eigenvalue weighted by molar-refractivity contribution is 5.92. The van der Waals surface area contributed by atoms with E-state index in [-0.39, 0.29) is 22.6 Å². The maximum Gasteiger partial charge on any atom is 0.280 e. The molecule has 0 atom stereocenters. The molecule has 0 amide bonds. The molecule has 0 aromatic heterocycles. The molecular weight excluding hydrogens is 322 g/mol. The van der Waals surface area contributed by atoms with E-state index in [2.05, 4.69) is 0 Å². The third-order valence-corrected chi connectivity index (χ3v) is 3.45. The Labute approximate surface area is 144 Å². The molecule has 0 fully saturated rings. The van der Waals surface area contributed by atoms with Gasteiger partial charge in [0.05, 0.1) is 54.0 Å². The average Bonchev–Trinajstić information content (AvgIpc) is 2.65. The number of nitrogens with zero attached hydrogens (tertiary/aromatic N) is 3. The van der Waals surface area contributed by atoms with Gasteiger partial charge in [-0.1, -0.05) is 12.1 Å². The SMILES string of the molecule is COc1cc(/C=C(\C#N)c2cccc(C#N)c2)c([N+](=O)[O-])cc1OC. The quantitative estimate of drug-likeness (QED) is 0.358. The third-order valence-electron chi connectivity index (χ3n) is 3.45. The molecular formula is C18H13N3O4. The lowest BCUT2D eigenvalue weighted by molar-refractivity contribution is -0.385. The Bertz CT molecular complexity index is 936. The minimum atomic E-state index is -0.561. The van der Waals surface area contributed by atoms with Crippen molar-refractivity contribution in [3.63, 3.8) is 0 Å². The molecule has 0 saturated heterocycles. The standard InChI is InChI=1S/C18H13N3O4/c1-24-17-8-14(16(21(22)23)9-18(17)25-2)7-15(11-20)13-5-3-4-12(6-13)10-19/h3-9H,1-2H3/b15-7+. The van der Waals surface area contributed by atoms with E-state index in [0.29, 0.717) is 16.9 Å². The molecule has 124 valence electrons. The van der Waals surface area contributed by atoms with E-state index < -0.39 is 4.92 Å². The van der Waals surface area contributed by atoms with Gasteiger partial charge >= 0.3 is 0 Å². The Kier molecular flexibility index (Phi) is 5.34. The summed E-state index contributed by atoms with van der Waals surface area (Å²) in [5.74, 6) is 0.527. The first kappa shape index (κ1) is 17.5. The minimum absolute atomic E-state index is 0.187. The minimum Gasteiger partial charge on any atom is -0.493 e. The van der Waals surface area contributed by atoms with E-state index in [4.69, 9.17) is 14.7 Å². The summed E-state index contributed by atoms with van der Waals surface area (Å²) in [4.78, 5) is 10.8. The first-order valence-corrected chi connectivity index (χ1v) is 7.06. The second-order valence-corrected chi connectivity index (χ2v) is 4.89. The number of nitriles is 2. The van der Waals surface area contributed by atoms with Gasteiger partial charge in [-0.15, -0.1) is 0 Å². The lowest BCUT2D eigenvalue weighted by Gasteiger charge is -2.09. The Morgan fingerprint density at radius 3 is 2.40 bits per heavy atom. The second-order valence-electron chi connectivity index (χ2n) is 4.89. The van der Waals surface area contributed by atoms with Crippen LogP contribution in [-0.4, -0.2) is 19.1 Å². The molecule has 7 nitrogen and oxygen atoms in total. The van der Waals surface area contributed by atoms with Gasteiger partial charge in [0, 0.05) is 0 Å². The zero-order chi connectivity index (χ0) is 18.4. The number of benzene rings is 2. The molecule has 2 aromatic rings. The molecule has 0 bridgehead atoms. The van der Waals surface area contributed by atoms with Crippen LogP contribution in [0.4, 0.5) is 5.69 Å². The number of allylic oxidation sites excluding steroid dienone is 1. The Hall–Kier alpha value is -3.84. The van der Waals surface area contributed by atoms with E-state index in [0.717, 1.165) is 0 Å². The molecule has 0 unspecified atom stereocenters. The van der Waals surface area contributed by atoms with Crippen molar-refractivity contribution < 1.29 is 14.4 Å². The molecule has 0 spiro atoms. The number of nitro benzene ring substituents is 1. The fraction of sp³-hybridized carbons (Fsp3) is 0.111. The van der Waals surface area contributed by atoms with E-state index >= 15 is 0 Å². The Morgan fingerprint density at radius 1 is 1.16 bits per heavy atom. The maximum atomic E-state index is 11.4. The highest BCUT2D eigenvalue weighted by Crippen LogP contribution is 2.36. The number of methoxy groups -OCH3 is 2. The summed E-state index contributed by atoms with van der Waals surface area (Å²) in [6.45, 7) is 0. The van der Waals surface area contributed by atoms with Crippen LogP contribution >= 0.6 is 0 Å². The molecule has 25 heavy (non-hydrogen) atoms. The van der Waals surface area contributed by atoms with Gasteiger partial charge < -0.3 is 9.47 Å². The molecule has 0 aliphatic carbocycles. The van der Waals surface area contributed by atoms with E-state index in [1.807, 2.05) is 12.1 Å². The molecule has 2 aromatic carbocycles. The van der Waals surface area contributed by atoms with Crippen LogP contribution in [0.2, 0.25) is 0 Å². The zero-order valence-corrected chi connectivity index (χ0v) is 13.5. The topological polar surface area (TPSA) is 109 Å². The van der Waals surface area contributed by atoms with Crippen LogP contribution in [0.25, 0.3) is 11.6 Å². The first-order valence-electron chi connectivity index (χ1n) is 7.06. The highest BCUT2D eigenvalue weighted by Gasteiger charge is 2.19. The van der Waals surface area contributed by atoms with Gasteiger partial charge in [-0.2, -0.15) is 10.5 Å². The van der Waals surface area contributed by atoms with Gasteiger partial charge in [-0.05, 0) is 29.8 Å². The highest BCUT2D eigenvalue weighted by atomic mass is 16.6. The number of ether oxygens (including phenoxy) is 2. The molecule has 0 heterocycles. The summed E-state index contributed by atoms with van der Waals surface area (Å²) in [6, 6.07) is 13.1. The van der Waals surface area contributed by atoms with Crippen molar-refractivity contribution >= 4 is 17.3 Å². The van der Waals surface area contributed by atoms with Gasteiger partial charge in [-0.3, -0.25) is 10.1 Å². The predicted molar refractivity (Wildman–Crippen MR) is 90.8 cm³/mol. The molecule has 0 aliphatic heterocycles. The van der Waals surface area contributed by atoms with Crippen LogP contribution in [0.5, 0.6) is 11.5 Å². The van der Waals surface area contributed by atoms with Crippen molar-refractivity contribution in [2.45, 2.75) is 0 Å². The smallest absolute Gasteiger partial charge is 0.280 e. The average molecular weight is 335 g/mol. The van der Waals surface area contributed by atoms with Crippen molar-refractivity contribution in [1.82, 2.24) is 0 Å². The summed E-state index contributed by atoms with van der Waals surface area (Å²) in [7, 11) is 2.80. The normalized spacial score (nSPS) is 10.5. The number of hydrogen-bond acceptors (Lipinski definition) is 6. The predicted octanol–water partition coefficient (Wildman–Crippen LogP) is 3.55. The Morgan fingerprint density at radius 2 is 1.84 bits per heavy atom. The van der Waals surface area contributed by atoms with Crippen molar-refractivity contribution in [3.05, 3.63) is 63.2 Å². The largest absolute Gasteiger partial charge is 0.493 e. The van der Waals surface area contributed by atoms with Crippen LogP contribution in [0.15, 0.2) is 36.4 Å². The number of hydrogen-bond donors (Lipinski definition) is 0. The Balaban J connectivity index is 2.66.